The lowest BCUT2D eigenvalue weighted by Crippen LogP contribution is -2.42. The number of hydrogen-bond acceptors (Lipinski definition) is 4. The fourth-order valence-electron chi connectivity index (χ4n) is 2.14. The average molecular weight is 217 g/mol. The quantitative estimate of drug-likeness (QED) is 0.821. The van der Waals surface area contributed by atoms with Crippen LogP contribution in [0.2, 0.25) is 0 Å². The molecule has 0 atom stereocenters. The van der Waals surface area contributed by atoms with Gasteiger partial charge in [0.15, 0.2) is 5.58 Å². The topological polar surface area (TPSA) is 41.3 Å². The van der Waals surface area contributed by atoms with Gasteiger partial charge in [-0.3, -0.25) is 9.88 Å². The van der Waals surface area contributed by atoms with Gasteiger partial charge in [0.1, 0.15) is 5.52 Å². The monoisotopic (exact) mass is 217 g/mol. The highest BCUT2D eigenvalue weighted by Crippen LogP contribution is 2.19. The van der Waals surface area contributed by atoms with Crippen LogP contribution in [0.5, 0.6) is 0 Å². The predicted octanol–water partition coefficient (Wildman–Crippen LogP) is 1.23. The van der Waals surface area contributed by atoms with Crippen LogP contribution in [0.25, 0.3) is 11.1 Å². The van der Waals surface area contributed by atoms with Gasteiger partial charge >= 0.3 is 0 Å². The van der Waals surface area contributed by atoms with Crippen molar-refractivity contribution in [1.29, 1.82) is 0 Å². The summed E-state index contributed by atoms with van der Waals surface area (Å²) in [6, 6.07) is 3.87. The van der Waals surface area contributed by atoms with E-state index in [9.17, 15) is 0 Å². The van der Waals surface area contributed by atoms with Gasteiger partial charge in [-0.25, -0.2) is 0 Å². The Hall–Kier alpha value is -1.39. The highest BCUT2D eigenvalue weighted by molar-refractivity contribution is 5.75. The zero-order valence-electron chi connectivity index (χ0n) is 9.15. The standard InChI is InChI=1S/C12H15N3O/c1-2-11-12(14-3-1)10(9-16-11)8-15-6-4-13-5-7-15/h1-3,9,13H,4-8H2. The van der Waals surface area contributed by atoms with Gasteiger partial charge < -0.3 is 9.73 Å². The fraction of sp³-hybridized carbons (Fsp3) is 0.417. The van der Waals surface area contributed by atoms with Crippen LogP contribution >= 0.6 is 0 Å². The second-order valence-electron chi connectivity index (χ2n) is 4.14. The van der Waals surface area contributed by atoms with E-state index in [1.165, 1.54) is 5.56 Å². The molecule has 1 N–H and O–H groups in total. The molecule has 16 heavy (non-hydrogen) atoms. The molecule has 0 spiro atoms. The molecular weight excluding hydrogens is 202 g/mol. The number of nitrogens with one attached hydrogen (secondary N) is 1. The van der Waals surface area contributed by atoms with Crippen LogP contribution in [-0.4, -0.2) is 36.1 Å². The largest absolute Gasteiger partial charge is 0.462 e. The van der Waals surface area contributed by atoms with Crippen molar-refractivity contribution in [2.24, 2.45) is 0 Å². The zero-order chi connectivity index (χ0) is 10.8. The minimum Gasteiger partial charge on any atom is -0.462 e. The molecule has 0 amide bonds. The molecule has 84 valence electrons. The van der Waals surface area contributed by atoms with Gasteiger partial charge in [-0.2, -0.15) is 0 Å². The number of nitrogens with zero attached hydrogens (tertiary/aromatic N) is 2. The Kier molecular flexibility index (Phi) is 2.60. The average Bonchev–Trinajstić information content (AvgIpc) is 2.74. The highest BCUT2D eigenvalue weighted by Gasteiger charge is 2.13. The van der Waals surface area contributed by atoms with E-state index in [0.717, 1.165) is 43.8 Å². The third kappa shape index (κ3) is 1.81. The van der Waals surface area contributed by atoms with Gasteiger partial charge in [0.25, 0.3) is 0 Å². The summed E-state index contributed by atoms with van der Waals surface area (Å²) in [6.45, 7) is 5.27. The van der Waals surface area contributed by atoms with Crippen molar-refractivity contribution in [3.8, 4) is 0 Å². The number of pyridine rings is 1. The Labute approximate surface area is 94.3 Å². The molecule has 0 aromatic carbocycles. The summed E-state index contributed by atoms with van der Waals surface area (Å²) in [5.74, 6) is 0. The molecule has 0 aliphatic carbocycles. The molecule has 1 fully saturated rings. The molecule has 0 saturated carbocycles. The maximum atomic E-state index is 5.49. The molecule has 3 rings (SSSR count). The normalized spacial score (nSPS) is 18.0. The number of furan rings is 1. The van der Waals surface area contributed by atoms with E-state index >= 15 is 0 Å². The Morgan fingerprint density at radius 3 is 3.12 bits per heavy atom. The summed E-state index contributed by atoms with van der Waals surface area (Å²) >= 11 is 0. The predicted molar refractivity (Wildman–Crippen MR) is 62.2 cm³/mol. The lowest BCUT2D eigenvalue weighted by molar-refractivity contribution is 0.233. The zero-order valence-corrected chi connectivity index (χ0v) is 9.15. The molecule has 2 aromatic heterocycles. The summed E-state index contributed by atoms with van der Waals surface area (Å²) in [4.78, 5) is 6.80. The second-order valence-corrected chi connectivity index (χ2v) is 4.14. The van der Waals surface area contributed by atoms with Crippen molar-refractivity contribution in [2.45, 2.75) is 6.54 Å². The summed E-state index contributed by atoms with van der Waals surface area (Å²) < 4.78 is 5.49. The van der Waals surface area contributed by atoms with E-state index in [1.807, 2.05) is 24.6 Å². The molecule has 0 bridgehead atoms. The van der Waals surface area contributed by atoms with Crippen LogP contribution in [0, 0.1) is 0 Å². The number of piperazine rings is 1. The van der Waals surface area contributed by atoms with Gasteiger partial charge in [-0.15, -0.1) is 0 Å². The molecule has 1 aliphatic rings. The Morgan fingerprint density at radius 2 is 2.25 bits per heavy atom. The van der Waals surface area contributed by atoms with Crippen molar-refractivity contribution >= 4 is 11.1 Å². The van der Waals surface area contributed by atoms with Crippen LogP contribution in [0.1, 0.15) is 5.56 Å². The molecule has 1 aliphatic heterocycles. The lowest BCUT2D eigenvalue weighted by atomic mass is 10.2. The minimum absolute atomic E-state index is 0.882. The SMILES string of the molecule is c1cnc2c(CN3CCNCC3)coc2c1. The molecule has 1 saturated heterocycles. The first-order valence-corrected chi connectivity index (χ1v) is 5.67. The van der Waals surface area contributed by atoms with Crippen molar-refractivity contribution in [3.05, 3.63) is 30.2 Å². The Balaban J connectivity index is 1.83. The van der Waals surface area contributed by atoms with Crippen LogP contribution in [0.15, 0.2) is 29.0 Å². The minimum atomic E-state index is 0.882. The fourth-order valence-corrected chi connectivity index (χ4v) is 2.14. The summed E-state index contributed by atoms with van der Waals surface area (Å²) in [5.41, 5.74) is 3.08. The van der Waals surface area contributed by atoms with Crippen molar-refractivity contribution in [1.82, 2.24) is 15.2 Å². The molecular formula is C12H15N3O. The van der Waals surface area contributed by atoms with Gasteiger partial charge in [0, 0.05) is 44.5 Å². The number of rotatable bonds is 2. The van der Waals surface area contributed by atoms with Crippen molar-refractivity contribution in [2.75, 3.05) is 26.2 Å². The second kappa shape index (κ2) is 4.23. The number of fused-ring (bicyclic) bond motifs is 1. The number of aromatic nitrogens is 1. The van der Waals surface area contributed by atoms with Crippen LogP contribution < -0.4 is 5.32 Å². The van der Waals surface area contributed by atoms with Gasteiger partial charge in [0.05, 0.1) is 6.26 Å². The Bertz CT molecular complexity index is 474. The summed E-state index contributed by atoms with van der Waals surface area (Å²) in [5, 5.41) is 3.35. The van der Waals surface area contributed by atoms with Crippen molar-refractivity contribution < 1.29 is 4.42 Å². The molecule has 3 heterocycles. The van der Waals surface area contributed by atoms with Gasteiger partial charge in [0.2, 0.25) is 0 Å². The molecule has 4 nitrogen and oxygen atoms in total. The first-order valence-electron chi connectivity index (χ1n) is 5.67. The van der Waals surface area contributed by atoms with Crippen LogP contribution in [-0.2, 0) is 6.54 Å². The lowest BCUT2D eigenvalue weighted by Gasteiger charge is -2.26. The van der Waals surface area contributed by atoms with Gasteiger partial charge in [-0.1, -0.05) is 0 Å². The highest BCUT2D eigenvalue weighted by atomic mass is 16.3. The van der Waals surface area contributed by atoms with E-state index in [2.05, 4.69) is 15.2 Å². The third-order valence-corrected chi connectivity index (χ3v) is 3.01. The maximum Gasteiger partial charge on any atom is 0.152 e. The molecule has 2 aromatic rings. The van der Waals surface area contributed by atoms with Gasteiger partial charge in [-0.05, 0) is 12.1 Å². The first-order chi connectivity index (χ1) is 7.93. The van der Waals surface area contributed by atoms with Crippen LogP contribution in [0.3, 0.4) is 0 Å². The Morgan fingerprint density at radius 1 is 1.38 bits per heavy atom. The number of hydrogen-bond donors (Lipinski definition) is 1. The van der Waals surface area contributed by atoms with E-state index < -0.39 is 0 Å². The summed E-state index contributed by atoms with van der Waals surface area (Å²) in [6.07, 6.45) is 3.65. The van der Waals surface area contributed by atoms with Crippen molar-refractivity contribution in [3.63, 3.8) is 0 Å². The van der Waals surface area contributed by atoms with E-state index in [4.69, 9.17) is 4.42 Å². The summed E-state index contributed by atoms with van der Waals surface area (Å²) in [7, 11) is 0. The molecule has 4 heteroatoms. The smallest absolute Gasteiger partial charge is 0.152 e. The third-order valence-electron chi connectivity index (χ3n) is 3.01. The maximum absolute atomic E-state index is 5.49. The van der Waals surface area contributed by atoms with E-state index in [0.29, 0.717) is 0 Å². The molecule has 0 unspecified atom stereocenters. The van der Waals surface area contributed by atoms with E-state index in [1.54, 1.807) is 0 Å². The molecule has 0 radical (unpaired) electrons. The van der Waals surface area contributed by atoms with Crippen LogP contribution in [0.4, 0.5) is 0 Å². The first kappa shape index (κ1) is 9.81. The van der Waals surface area contributed by atoms with E-state index in [-0.39, 0.29) is 0 Å².